The summed E-state index contributed by atoms with van der Waals surface area (Å²) in [5.74, 6) is 1.93. The van der Waals surface area contributed by atoms with Gasteiger partial charge in [0.15, 0.2) is 5.96 Å². The summed E-state index contributed by atoms with van der Waals surface area (Å²) in [7, 11) is 3.82. The van der Waals surface area contributed by atoms with Crippen molar-refractivity contribution in [3.8, 4) is 11.4 Å². The van der Waals surface area contributed by atoms with Crippen molar-refractivity contribution in [2.24, 2.45) is 4.99 Å². The fraction of sp³-hybridized carbons (Fsp3) is 0.550. The Morgan fingerprint density at radius 1 is 1.24 bits per heavy atom. The number of benzene rings is 1. The molecule has 2 N–H and O–H groups in total. The summed E-state index contributed by atoms with van der Waals surface area (Å²) in [5, 5.41) is 11.3. The normalized spacial score (nSPS) is 11.8. The average molecular weight is 423 g/mol. The van der Waals surface area contributed by atoms with E-state index in [1.165, 1.54) is 0 Å². The summed E-state index contributed by atoms with van der Waals surface area (Å²) in [6.07, 6.45) is 1.64. The van der Waals surface area contributed by atoms with Crippen LogP contribution in [0.2, 0.25) is 5.02 Å². The molecule has 2 rings (SSSR count). The van der Waals surface area contributed by atoms with Crippen LogP contribution in [0.4, 0.5) is 0 Å². The number of methoxy groups -OCH3 is 1. The lowest BCUT2D eigenvalue weighted by Gasteiger charge is -2.16. The quantitative estimate of drug-likeness (QED) is 0.308. The van der Waals surface area contributed by atoms with Crippen LogP contribution in [0.15, 0.2) is 33.8 Å². The van der Waals surface area contributed by atoms with E-state index in [0.717, 1.165) is 50.7 Å². The lowest BCUT2D eigenvalue weighted by atomic mass is 10.2. The number of ether oxygens (including phenoxy) is 1. The Morgan fingerprint density at radius 2 is 2.03 bits per heavy atom. The highest BCUT2D eigenvalue weighted by Crippen LogP contribution is 2.18. The van der Waals surface area contributed by atoms with Crippen molar-refractivity contribution < 1.29 is 9.26 Å². The predicted molar refractivity (Wildman–Crippen MR) is 116 cm³/mol. The minimum absolute atomic E-state index is 0.564. The summed E-state index contributed by atoms with van der Waals surface area (Å²) in [4.78, 5) is 11.3. The van der Waals surface area contributed by atoms with Crippen LogP contribution in [-0.2, 0) is 11.2 Å². The molecule has 29 heavy (non-hydrogen) atoms. The van der Waals surface area contributed by atoms with Gasteiger partial charge in [-0.1, -0.05) is 16.8 Å². The molecule has 1 heterocycles. The molecule has 0 aliphatic rings. The number of aromatic nitrogens is 2. The van der Waals surface area contributed by atoms with Crippen molar-refractivity contribution in [1.29, 1.82) is 0 Å². The minimum atomic E-state index is 0.564. The Hall–Kier alpha value is -2.16. The average Bonchev–Trinajstić information content (AvgIpc) is 3.17. The molecule has 0 spiro atoms. The zero-order valence-corrected chi connectivity index (χ0v) is 18.2. The Morgan fingerprint density at radius 3 is 2.76 bits per heavy atom. The molecular formula is C20H31ClN6O2. The molecular weight excluding hydrogens is 392 g/mol. The van der Waals surface area contributed by atoms with Gasteiger partial charge >= 0.3 is 0 Å². The van der Waals surface area contributed by atoms with Gasteiger partial charge in [-0.05, 0) is 44.7 Å². The fourth-order valence-corrected chi connectivity index (χ4v) is 2.75. The van der Waals surface area contributed by atoms with Crippen LogP contribution in [0.1, 0.15) is 19.2 Å². The minimum Gasteiger partial charge on any atom is -0.385 e. The van der Waals surface area contributed by atoms with Crippen molar-refractivity contribution in [1.82, 2.24) is 25.7 Å². The topological polar surface area (TPSA) is 87.8 Å². The second kappa shape index (κ2) is 13.1. The molecule has 0 bridgehead atoms. The molecule has 1 aromatic carbocycles. The summed E-state index contributed by atoms with van der Waals surface area (Å²) in [5.41, 5.74) is 0.877. The molecule has 8 nitrogen and oxygen atoms in total. The third-order valence-electron chi connectivity index (χ3n) is 4.19. The van der Waals surface area contributed by atoms with Crippen molar-refractivity contribution >= 4 is 17.6 Å². The van der Waals surface area contributed by atoms with Crippen molar-refractivity contribution in [2.75, 3.05) is 53.5 Å². The Kier molecular flexibility index (Phi) is 10.5. The molecule has 0 saturated heterocycles. The smallest absolute Gasteiger partial charge is 0.228 e. The first-order valence-electron chi connectivity index (χ1n) is 9.90. The van der Waals surface area contributed by atoms with E-state index in [0.29, 0.717) is 29.7 Å². The third kappa shape index (κ3) is 8.81. The molecule has 0 aliphatic heterocycles. The number of hydrogen-bond donors (Lipinski definition) is 2. The maximum absolute atomic E-state index is 5.91. The SMILES string of the molecule is CCNC(=NCCN(C)CCCOC)NCCc1nc(-c2ccc(Cl)cc2)no1. The molecule has 0 amide bonds. The summed E-state index contributed by atoms with van der Waals surface area (Å²) in [6.45, 7) is 6.90. The van der Waals surface area contributed by atoms with E-state index in [-0.39, 0.29) is 0 Å². The molecule has 0 unspecified atom stereocenters. The van der Waals surface area contributed by atoms with Gasteiger partial charge in [0.05, 0.1) is 6.54 Å². The number of nitrogens with one attached hydrogen (secondary N) is 2. The molecule has 1 aromatic heterocycles. The van der Waals surface area contributed by atoms with Crippen molar-refractivity contribution in [3.63, 3.8) is 0 Å². The zero-order chi connectivity index (χ0) is 20.9. The number of aliphatic imine (C=N–C) groups is 1. The number of halogens is 1. The molecule has 0 saturated carbocycles. The number of rotatable bonds is 12. The van der Waals surface area contributed by atoms with E-state index >= 15 is 0 Å². The molecule has 0 aliphatic carbocycles. The first-order valence-corrected chi connectivity index (χ1v) is 10.3. The molecule has 0 fully saturated rings. The van der Waals surface area contributed by atoms with E-state index in [2.05, 4.69) is 37.7 Å². The van der Waals surface area contributed by atoms with Gasteiger partial charge in [0.25, 0.3) is 0 Å². The second-order valence-electron chi connectivity index (χ2n) is 6.61. The highest BCUT2D eigenvalue weighted by atomic mass is 35.5. The van der Waals surface area contributed by atoms with Crippen LogP contribution in [0.25, 0.3) is 11.4 Å². The van der Waals surface area contributed by atoms with Gasteiger partial charge < -0.3 is 24.8 Å². The number of guanidine groups is 1. The molecule has 0 radical (unpaired) electrons. The van der Waals surface area contributed by atoms with Crippen molar-refractivity contribution in [3.05, 3.63) is 35.2 Å². The maximum Gasteiger partial charge on any atom is 0.228 e. The van der Waals surface area contributed by atoms with Crippen LogP contribution in [0.3, 0.4) is 0 Å². The van der Waals surface area contributed by atoms with Gasteiger partial charge in [-0.25, -0.2) is 0 Å². The molecule has 0 atom stereocenters. The summed E-state index contributed by atoms with van der Waals surface area (Å²) < 4.78 is 10.4. The van der Waals surface area contributed by atoms with E-state index in [4.69, 9.17) is 20.9 Å². The number of likely N-dealkylation sites (N-methyl/N-ethyl adjacent to an activating group) is 1. The Labute approximate surface area is 177 Å². The number of nitrogens with zero attached hydrogens (tertiary/aromatic N) is 4. The van der Waals surface area contributed by atoms with Gasteiger partial charge in [-0.15, -0.1) is 0 Å². The lowest BCUT2D eigenvalue weighted by Crippen LogP contribution is -2.39. The maximum atomic E-state index is 5.91. The van der Waals surface area contributed by atoms with Gasteiger partial charge in [0.2, 0.25) is 11.7 Å². The Balaban J connectivity index is 1.76. The van der Waals surface area contributed by atoms with Crippen LogP contribution >= 0.6 is 11.6 Å². The summed E-state index contributed by atoms with van der Waals surface area (Å²) in [6, 6.07) is 7.36. The first-order chi connectivity index (χ1) is 14.1. The monoisotopic (exact) mass is 422 g/mol. The van der Waals surface area contributed by atoms with Crippen molar-refractivity contribution in [2.45, 2.75) is 19.8 Å². The molecule has 9 heteroatoms. The third-order valence-corrected chi connectivity index (χ3v) is 4.44. The lowest BCUT2D eigenvalue weighted by molar-refractivity contribution is 0.180. The number of hydrogen-bond acceptors (Lipinski definition) is 6. The van der Waals surface area contributed by atoms with Gasteiger partial charge in [-0.3, -0.25) is 4.99 Å². The van der Waals surface area contributed by atoms with Crippen LogP contribution in [-0.4, -0.2) is 74.5 Å². The van der Waals surface area contributed by atoms with E-state index in [1.54, 1.807) is 7.11 Å². The van der Waals surface area contributed by atoms with Crippen LogP contribution < -0.4 is 10.6 Å². The van der Waals surface area contributed by atoms with Crippen LogP contribution in [0.5, 0.6) is 0 Å². The largest absolute Gasteiger partial charge is 0.385 e. The second-order valence-corrected chi connectivity index (χ2v) is 7.04. The first kappa shape index (κ1) is 23.1. The van der Waals surface area contributed by atoms with E-state index < -0.39 is 0 Å². The van der Waals surface area contributed by atoms with Crippen LogP contribution in [0, 0.1) is 0 Å². The van der Waals surface area contributed by atoms with E-state index in [1.807, 2.05) is 31.2 Å². The van der Waals surface area contributed by atoms with Gasteiger partial charge in [0, 0.05) is 56.9 Å². The zero-order valence-electron chi connectivity index (χ0n) is 17.4. The highest BCUT2D eigenvalue weighted by molar-refractivity contribution is 6.30. The Bertz CT molecular complexity index is 735. The van der Waals surface area contributed by atoms with E-state index in [9.17, 15) is 0 Å². The fourth-order valence-electron chi connectivity index (χ4n) is 2.63. The standard InChI is InChI=1S/C20H31ClN6O2/c1-4-22-20(24-12-14-27(2)13-5-15-28-3)23-11-10-18-25-19(26-29-18)16-6-8-17(21)9-7-16/h6-9H,4-5,10-15H2,1-3H3,(H2,22,23,24). The molecule has 160 valence electrons. The predicted octanol–water partition coefficient (Wildman–Crippen LogP) is 2.46. The van der Waals surface area contributed by atoms with Gasteiger partial charge in [-0.2, -0.15) is 4.98 Å². The summed E-state index contributed by atoms with van der Waals surface area (Å²) >= 11 is 5.91. The van der Waals surface area contributed by atoms with Gasteiger partial charge in [0.1, 0.15) is 0 Å². The highest BCUT2D eigenvalue weighted by Gasteiger charge is 2.09. The molecule has 2 aromatic rings.